The van der Waals surface area contributed by atoms with Gasteiger partial charge in [-0.05, 0) is 45.3 Å². The number of aromatic nitrogens is 1. The van der Waals surface area contributed by atoms with Gasteiger partial charge in [0.05, 0.1) is 29.4 Å². The molecular formula is C13H16BFN2O2. The lowest BCUT2D eigenvalue weighted by molar-refractivity contribution is 0.00578. The molecule has 0 spiro atoms. The van der Waals surface area contributed by atoms with Gasteiger partial charge in [0.15, 0.2) is 0 Å². The summed E-state index contributed by atoms with van der Waals surface area (Å²) in [7, 11) is -0.639. The minimum absolute atomic E-state index is 0.0598. The summed E-state index contributed by atoms with van der Waals surface area (Å²) in [6.45, 7) is 7.73. The lowest BCUT2D eigenvalue weighted by Crippen LogP contribution is -2.41. The molecule has 0 saturated carbocycles. The molecule has 0 aromatic carbocycles. The van der Waals surface area contributed by atoms with E-state index in [2.05, 4.69) is 4.98 Å². The Hall–Kier alpha value is -1.45. The molecule has 0 N–H and O–H groups in total. The summed E-state index contributed by atoms with van der Waals surface area (Å²) in [6.07, 6.45) is 0.0598. The van der Waals surface area contributed by atoms with Crippen LogP contribution >= 0.6 is 0 Å². The second-order valence-corrected chi connectivity index (χ2v) is 5.64. The average Bonchev–Trinajstić information content (AvgIpc) is 2.48. The van der Waals surface area contributed by atoms with Gasteiger partial charge in [0.1, 0.15) is 0 Å². The second kappa shape index (κ2) is 4.59. The second-order valence-electron chi connectivity index (χ2n) is 5.64. The minimum Gasteiger partial charge on any atom is -0.399 e. The van der Waals surface area contributed by atoms with Crippen LogP contribution in [0.5, 0.6) is 0 Å². The summed E-state index contributed by atoms with van der Waals surface area (Å²) in [5, 5.41) is 8.66. The van der Waals surface area contributed by atoms with Gasteiger partial charge in [0.2, 0.25) is 5.95 Å². The first kappa shape index (κ1) is 14.0. The van der Waals surface area contributed by atoms with Crippen LogP contribution in [0.1, 0.15) is 33.4 Å². The van der Waals surface area contributed by atoms with E-state index in [1.165, 1.54) is 6.07 Å². The average molecular weight is 262 g/mol. The van der Waals surface area contributed by atoms with Gasteiger partial charge in [0.25, 0.3) is 0 Å². The van der Waals surface area contributed by atoms with Gasteiger partial charge >= 0.3 is 7.12 Å². The summed E-state index contributed by atoms with van der Waals surface area (Å²) in [6, 6.07) is 4.88. The highest BCUT2D eigenvalue weighted by molar-refractivity contribution is 6.62. The molecule has 19 heavy (non-hydrogen) atoms. The van der Waals surface area contributed by atoms with Gasteiger partial charge in [-0.2, -0.15) is 9.65 Å². The van der Waals surface area contributed by atoms with Crippen LogP contribution in [0.15, 0.2) is 12.1 Å². The van der Waals surface area contributed by atoms with Crippen LogP contribution in [0.4, 0.5) is 4.39 Å². The number of nitrogens with zero attached hydrogens (tertiary/aromatic N) is 2. The van der Waals surface area contributed by atoms with E-state index in [9.17, 15) is 4.39 Å². The minimum atomic E-state index is -0.639. The Bertz CT molecular complexity index is 524. The van der Waals surface area contributed by atoms with E-state index in [0.29, 0.717) is 11.2 Å². The fourth-order valence-corrected chi connectivity index (χ4v) is 1.86. The van der Waals surface area contributed by atoms with Gasteiger partial charge in [-0.3, -0.25) is 0 Å². The van der Waals surface area contributed by atoms with Crippen molar-refractivity contribution >= 4 is 12.6 Å². The molecule has 6 heteroatoms. The molecule has 4 nitrogen and oxygen atoms in total. The first-order chi connectivity index (χ1) is 8.75. The largest absolute Gasteiger partial charge is 0.495 e. The lowest BCUT2D eigenvalue weighted by atomic mass is 9.79. The van der Waals surface area contributed by atoms with Crippen molar-refractivity contribution in [3.63, 3.8) is 0 Å². The quantitative estimate of drug-likeness (QED) is 0.599. The van der Waals surface area contributed by atoms with E-state index >= 15 is 0 Å². The Morgan fingerprint density at radius 3 is 2.37 bits per heavy atom. The predicted octanol–water partition coefficient (Wildman–Crippen LogP) is 1.59. The zero-order chi connectivity index (χ0) is 14.3. The van der Waals surface area contributed by atoms with Crippen LogP contribution in [0.3, 0.4) is 0 Å². The molecule has 0 atom stereocenters. The smallest absolute Gasteiger partial charge is 0.399 e. The number of hydrogen-bond donors (Lipinski definition) is 0. The lowest BCUT2D eigenvalue weighted by Gasteiger charge is -2.32. The molecule has 1 aromatic rings. The Kier molecular flexibility index (Phi) is 3.37. The normalized spacial score (nSPS) is 20.3. The van der Waals surface area contributed by atoms with Gasteiger partial charge in [-0.1, -0.05) is 0 Å². The number of pyridine rings is 1. The monoisotopic (exact) mass is 262 g/mol. The fourth-order valence-electron chi connectivity index (χ4n) is 1.86. The fraction of sp³-hybridized carbons (Fsp3) is 0.538. The predicted molar refractivity (Wildman–Crippen MR) is 69.2 cm³/mol. The van der Waals surface area contributed by atoms with Crippen molar-refractivity contribution in [1.29, 1.82) is 5.26 Å². The summed E-state index contributed by atoms with van der Waals surface area (Å²) in [5.74, 6) is -0.627. The van der Waals surface area contributed by atoms with Gasteiger partial charge in [0, 0.05) is 0 Å². The molecule has 0 bridgehead atoms. The Morgan fingerprint density at radius 2 is 1.84 bits per heavy atom. The van der Waals surface area contributed by atoms with Gasteiger partial charge in [-0.25, -0.2) is 4.98 Å². The third-order valence-corrected chi connectivity index (χ3v) is 3.66. The summed E-state index contributed by atoms with van der Waals surface area (Å²) < 4.78 is 25.1. The van der Waals surface area contributed by atoms with Crippen molar-refractivity contribution in [1.82, 2.24) is 4.98 Å². The molecule has 2 heterocycles. The zero-order valence-electron chi connectivity index (χ0n) is 11.5. The molecular weight excluding hydrogens is 246 g/mol. The Balaban J connectivity index is 2.32. The van der Waals surface area contributed by atoms with Crippen molar-refractivity contribution in [3.05, 3.63) is 23.8 Å². The van der Waals surface area contributed by atoms with E-state index in [-0.39, 0.29) is 6.42 Å². The topological polar surface area (TPSA) is 55.1 Å². The van der Waals surface area contributed by atoms with Crippen molar-refractivity contribution in [2.24, 2.45) is 0 Å². The zero-order valence-corrected chi connectivity index (χ0v) is 11.5. The van der Waals surface area contributed by atoms with E-state index in [1.54, 1.807) is 6.07 Å². The molecule has 1 aliphatic heterocycles. The first-order valence-electron chi connectivity index (χ1n) is 6.14. The Morgan fingerprint density at radius 1 is 1.26 bits per heavy atom. The van der Waals surface area contributed by atoms with E-state index in [0.717, 1.165) is 0 Å². The SMILES string of the molecule is CC1(C)OB(c2cc(F)nc(CC#N)c2)OC1(C)C. The van der Waals surface area contributed by atoms with Crippen molar-refractivity contribution in [3.8, 4) is 6.07 Å². The maximum Gasteiger partial charge on any atom is 0.495 e. The highest BCUT2D eigenvalue weighted by atomic mass is 19.1. The summed E-state index contributed by atoms with van der Waals surface area (Å²) >= 11 is 0. The molecule has 100 valence electrons. The van der Waals surface area contributed by atoms with Crippen molar-refractivity contribution in [2.45, 2.75) is 45.3 Å². The number of halogens is 1. The van der Waals surface area contributed by atoms with Crippen LogP contribution in [-0.4, -0.2) is 23.3 Å². The molecule has 0 radical (unpaired) electrons. The molecule has 1 aliphatic rings. The maximum atomic E-state index is 13.5. The number of nitriles is 1. The summed E-state index contributed by atoms with van der Waals surface area (Å²) in [4.78, 5) is 3.67. The van der Waals surface area contributed by atoms with Gasteiger partial charge in [-0.15, -0.1) is 0 Å². The Labute approximate surface area is 112 Å². The van der Waals surface area contributed by atoms with Gasteiger partial charge < -0.3 is 9.31 Å². The van der Waals surface area contributed by atoms with Crippen molar-refractivity contribution < 1.29 is 13.7 Å². The molecule has 0 aliphatic carbocycles. The third kappa shape index (κ3) is 2.62. The van der Waals surface area contributed by atoms with Crippen LogP contribution in [0.2, 0.25) is 0 Å². The highest BCUT2D eigenvalue weighted by Crippen LogP contribution is 2.36. The molecule has 1 fully saturated rings. The van der Waals surface area contributed by atoms with E-state index < -0.39 is 24.3 Å². The standard InChI is InChI=1S/C13H16BFN2O2/c1-12(2)13(3,4)19-14(18-12)9-7-10(5-6-16)17-11(15)8-9/h7-8H,5H2,1-4H3. The maximum absolute atomic E-state index is 13.5. The molecule has 0 unspecified atom stereocenters. The first-order valence-corrected chi connectivity index (χ1v) is 6.14. The van der Waals surface area contributed by atoms with E-state index in [4.69, 9.17) is 14.6 Å². The van der Waals surface area contributed by atoms with Crippen LogP contribution < -0.4 is 5.46 Å². The van der Waals surface area contributed by atoms with Crippen LogP contribution in [0.25, 0.3) is 0 Å². The molecule has 1 aromatic heterocycles. The number of hydrogen-bond acceptors (Lipinski definition) is 4. The highest BCUT2D eigenvalue weighted by Gasteiger charge is 2.51. The molecule has 1 saturated heterocycles. The summed E-state index contributed by atoms with van der Waals surface area (Å²) in [5.41, 5.74) is -0.0248. The molecule has 2 rings (SSSR count). The van der Waals surface area contributed by atoms with Crippen LogP contribution in [0, 0.1) is 17.3 Å². The number of rotatable bonds is 2. The third-order valence-electron chi connectivity index (χ3n) is 3.66. The van der Waals surface area contributed by atoms with Crippen molar-refractivity contribution in [2.75, 3.05) is 0 Å². The molecule has 0 amide bonds. The van der Waals surface area contributed by atoms with E-state index in [1.807, 2.05) is 33.8 Å². The van der Waals surface area contributed by atoms with Crippen LogP contribution in [-0.2, 0) is 15.7 Å².